The maximum absolute atomic E-state index is 12.8. The van der Waals surface area contributed by atoms with Crippen LogP contribution >= 0.6 is 0 Å². The summed E-state index contributed by atoms with van der Waals surface area (Å²) in [6.45, 7) is 1.66. The fraction of sp³-hybridized carbons (Fsp3) is 0.900. The Labute approximate surface area is 92.3 Å². The topological polar surface area (TPSA) is 47.6 Å². The van der Waals surface area contributed by atoms with Crippen molar-refractivity contribution in [1.82, 2.24) is 5.32 Å². The van der Waals surface area contributed by atoms with Gasteiger partial charge in [0.2, 0.25) is 0 Å². The normalized spacial score (nSPS) is 33.0. The lowest BCUT2D eigenvalue weighted by Crippen LogP contribution is -2.33. The van der Waals surface area contributed by atoms with E-state index in [1.54, 1.807) is 0 Å². The molecule has 0 amide bonds. The molecule has 0 aromatic heterocycles. The van der Waals surface area contributed by atoms with Gasteiger partial charge in [0.05, 0.1) is 12.5 Å². The van der Waals surface area contributed by atoms with Gasteiger partial charge in [-0.3, -0.25) is 0 Å². The third-order valence-electron chi connectivity index (χ3n) is 2.82. The lowest BCUT2D eigenvalue weighted by atomic mass is 10.2. The lowest BCUT2D eigenvalue weighted by molar-refractivity contribution is -0.159. The van der Waals surface area contributed by atoms with Gasteiger partial charge in [0.1, 0.15) is 6.10 Å². The van der Waals surface area contributed by atoms with Gasteiger partial charge in [-0.1, -0.05) is 0 Å². The van der Waals surface area contributed by atoms with Crippen molar-refractivity contribution in [3.8, 4) is 0 Å². The smallest absolute Gasteiger partial charge is 0.377 e. The molecule has 0 aromatic rings. The first-order valence-electron chi connectivity index (χ1n) is 5.49. The summed E-state index contributed by atoms with van der Waals surface area (Å²) in [5.41, 5.74) is 0. The third kappa shape index (κ3) is 2.68. The van der Waals surface area contributed by atoms with Crippen LogP contribution in [0.3, 0.4) is 0 Å². The molecule has 4 nitrogen and oxygen atoms in total. The van der Waals surface area contributed by atoms with Crippen LogP contribution < -0.4 is 5.32 Å². The van der Waals surface area contributed by atoms with Crippen LogP contribution in [-0.4, -0.2) is 43.8 Å². The van der Waals surface area contributed by atoms with E-state index >= 15 is 0 Å². The Morgan fingerprint density at radius 3 is 2.69 bits per heavy atom. The van der Waals surface area contributed by atoms with Crippen LogP contribution in [0.1, 0.15) is 19.3 Å². The first kappa shape index (κ1) is 11.7. The molecule has 1 N–H and O–H groups in total. The zero-order chi connectivity index (χ0) is 11.6. The molecule has 2 atom stereocenters. The van der Waals surface area contributed by atoms with Gasteiger partial charge < -0.3 is 14.8 Å². The van der Waals surface area contributed by atoms with Crippen LogP contribution in [0.4, 0.5) is 8.78 Å². The van der Waals surface area contributed by atoms with E-state index in [0.29, 0.717) is 6.54 Å². The summed E-state index contributed by atoms with van der Waals surface area (Å²) in [6.07, 6.45) is 0.961. The number of esters is 1. The standard InChI is InChI=1S/C10H15F2NO3/c11-10(12)4-8(16-9(10)14)6-13-5-7-2-1-3-15-7/h7-8,13H,1-6H2. The summed E-state index contributed by atoms with van der Waals surface area (Å²) < 4.78 is 35.5. The Balaban J connectivity index is 1.65. The number of nitrogens with one attached hydrogen (secondary N) is 1. The molecule has 2 aliphatic rings. The molecule has 6 heteroatoms. The van der Waals surface area contributed by atoms with Crippen LogP contribution in [0.2, 0.25) is 0 Å². The van der Waals surface area contributed by atoms with Crippen molar-refractivity contribution in [2.75, 3.05) is 19.7 Å². The van der Waals surface area contributed by atoms with Crippen LogP contribution in [0.15, 0.2) is 0 Å². The predicted molar refractivity (Wildman–Crippen MR) is 51.3 cm³/mol. The molecule has 2 unspecified atom stereocenters. The molecule has 0 radical (unpaired) electrons. The minimum atomic E-state index is -3.31. The molecule has 2 aliphatic heterocycles. The van der Waals surface area contributed by atoms with Crippen LogP contribution in [0.25, 0.3) is 0 Å². The second-order valence-corrected chi connectivity index (χ2v) is 4.23. The highest BCUT2D eigenvalue weighted by atomic mass is 19.3. The number of hydrogen-bond acceptors (Lipinski definition) is 4. The molecular weight excluding hydrogens is 220 g/mol. The Hall–Kier alpha value is -0.750. The maximum atomic E-state index is 12.8. The van der Waals surface area contributed by atoms with Gasteiger partial charge in [-0.25, -0.2) is 4.79 Å². The average molecular weight is 235 g/mol. The van der Waals surface area contributed by atoms with Gasteiger partial charge in [0.15, 0.2) is 0 Å². The summed E-state index contributed by atoms with van der Waals surface area (Å²) >= 11 is 0. The number of alkyl halides is 2. The minimum absolute atomic E-state index is 0.164. The second-order valence-electron chi connectivity index (χ2n) is 4.23. The SMILES string of the molecule is O=C1OC(CNCC2CCCO2)CC1(F)F. The Morgan fingerprint density at radius 2 is 2.12 bits per heavy atom. The molecule has 2 saturated heterocycles. The van der Waals surface area contributed by atoms with Crippen molar-refractivity contribution in [3.05, 3.63) is 0 Å². The van der Waals surface area contributed by atoms with E-state index in [0.717, 1.165) is 19.4 Å². The van der Waals surface area contributed by atoms with E-state index < -0.39 is 24.4 Å². The molecule has 0 aromatic carbocycles. The summed E-state index contributed by atoms with van der Waals surface area (Å²) in [5.74, 6) is -4.72. The summed E-state index contributed by atoms with van der Waals surface area (Å²) in [4.78, 5) is 10.7. The molecule has 92 valence electrons. The van der Waals surface area contributed by atoms with Crippen LogP contribution in [-0.2, 0) is 14.3 Å². The van der Waals surface area contributed by atoms with Crippen molar-refractivity contribution in [3.63, 3.8) is 0 Å². The summed E-state index contributed by atoms with van der Waals surface area (Å²) in [6, 6.07) is 0. The van der Waals surface area contributed by atoms with Crippen LogP contribution in [0.5, 0.6) is 0 Å². The van der Waals surface area contributed by atoms with Gasteiger partial charge in [-0.15, -0.1) is 0 Å². The first-order valence-corrected chi connectivity index (χ1v) is 5.49. The average Bonchev–Trinajstić information content (AvgIpc) is 2.76. The van der Waals surface area contributed by atoms with Crippen molar-refractivity contribution in [2.45, 2.75) is 37.4 Å². The largest absolute Gasteiger partial charge is 0.456 e. The highest BCUT2D eigenvalue weighted by Crippen LogP contribution is 2.30. The first-order chi connectivity index (χ1) is 7.58. The number of halogens is 2. The highest BCUT2D eigenvalue weighted by molar-refractivity contribution is 5.79. The second kappa shape index (κ2) is 4.63. The predicted octanol–water partition coefficient (Wildman–Crippen LogP) is 0.706. The minimum Gasteiger partial charge on any atom is -0.456 e. The van der Waals surface area contributed by atoms with E-state index in [9.17, 15) is 13.6 Å². The zero-order valence-corrected chi connectivity index (χ0v) is 8.88. The van der Waals surface area contributed by atoms with E-state index in [1.807, 2.05) is 0 Å². The molecule has 2 rings (SSSR count). The van der Waals surface area contributed by atoms with Gasteiger partial charge >= 0.3 is 11.9 Å². The number of rotatable bonds is 4. The summed E-state index contributed by atoms with van der Waals surface area (Å²) in [7, 11) is 0. The fourth-order valence-electron chi connectivity index (χ4n) is 1.97. The van der Waals surface area contributed by atoms with Crippen molar-refractivity contribution in [2.24, 2.45) is 0 Å². The number of carbonyl (C=O) groups excluding carboxylic acids is 1. The van der Waals surface area contributed by atoms with Crippen molar-refractivity contribution < 1.29 is 23.0 Å². The Morgan fingerprint density at radius 1 is 1.38 bits per heavy atom. The number of cyclic esters (lactones) is 1. The van der Waals surface area contributed by atoms with Crippen molar-refractivity contribution >= 4 is 5.97 Å². The van der Waals surface area contributed by atoms with Gasteiger partial charge in [0, 0.05) is 19.7 Å². The van der Waals surface area contributed by atoms with E-state index in [4.69, 9.17) is 4.74 Å². The van der Waals surface area contributed by atoms with E-state index in [2.05, 4.69) is 10.1 Å². The van der Waals surface area contributed by atoms with Gasteiger partial charge in [0.25, 0.3) is 0 Å². The summed E-state index contributed by atoms with van der Waals surface area (Å²) in [5, 5.41) is 2.99. The van der Waals surface area contributed by atoms with E-state index in [-0.39, 0.29) is 12.6 Å². The molecule has 2 fully saturated rings. The highest BCUT2D eigenvalue weighted by Gasteiger charge is 2.50. The maximum Gasteiger partial charge on any atom is 0.377 e. The number of carbonyl (C=O) groups is 1. The molecule has 0 bridgehead atoms. The fourth-order valence-corrected chi connectivity index (χ4v) is 1.97. The number of hydrogen-bond donors (Lipinski definition) is 1. The Kier molecular flexibility index (Phi) is 3.39. The molecular formula is C10H15F2NO3. The van der Waals surface area contributed by atoms with Gasteiger partial charge in [-0.05, 0) is 12.8 Å². The molecule has 0 aliphatic carbocycles. The van der Waals surface area contributed by atoms with Crippen molar-refractivity contribution in [1.29, 1.82) is 0 Å². The molecule has 16 heavy (non-hydrogen) atoms. The molecule has 2 heterocycles. The van der Waals surface area contributed by atoms with Crippen LogP contribution in [0, 0.1) is 0 Å². The zero-order valence-electron chi connectivity index (χ0n) is 8.88. The monoisotopic (exact) mass is 235 g/mol. The number of ether oxygens (including phenoxy) is 2. The van der Waals surface area contributed by atoms with Gasteiger partial charge in [-0.2, -0.15) is 8.78 Å². The molecule has 0 spiro atoms. The quantitative estimate of drug-likeness (QED) is 0.729. The Bertz CT molecular complexity index is 267. The van der Waals surface area contributed by atoms with E-state index in [1.165, 1.54) is 0 Å². The third-order valence-corrected chi connectivity index (χ3v) is 2.82. The lowest BCUT2D eigenvalue weighted by Gasteiger charge is -2.13. The molecule has 0 saturated carbocycles.